The summed E-state index contributed by atoms with van der Waals surface area (Å²) in [6, 6.07) is 6.09. The van der Waals surface area contributed by atoms with Gasteiger partial charge >= 0.3 is 0 Å². The molecule has 3 nitrogen and oxygen atoms in total. The quantitative estimate of drug-likeness (QED) is 0.759. The normalized spacial score (nSPS) is 12.2. The van der Waals surface area contributed by atoms with Crippen molar-refractivity contribution in [2.75, 3.05) is 11.9 Å². The number of carbonyl (C=O) groups excluding carboxylic acids is 1. The van der Waals surface area contributed by atoms with Crippen molar-refractivity contribution in [3.8, 4) is 0 Å². The topological polar surface area (TPSA) is 55.1 Å². The fourth-order valence-corrected chi connectivity index (χ4v) is 2.58. The summed E-state index contributed by atoms with van der Waals surface area (Å²) in [4.78, 5) is 12.0. The van der Waals surface area contributed by atoms with Crippen molar-refractivity contribution < 1.29 is 4.79 Å². The van der Waals surface area contributed by atoms with E-state index in [4.69, 9.17) is 5.73 Å². The van der Waals surface area contributed by atoms with Crippen LogP contribution in [0.5, 0.6) is 0 Å². The SMILES string of the molecule is CCCC(CCN)CCC(=O)Nc1ccc(C)cc1C. The van der Waals surface area contributed by atoms with Gasteiger partial charge in [-0.25, -0.2) is 0 Å². The average molecular weight is 276 g/mol. The van der Waals surface area contributed by atoms with E-state index in [0.29, 0.717) is 18.9 Å². The van der Waals surface area contributed by atoms with Crippen LogP contribution in [-0.2, 0) is 4.79 Å². The zero-order chi connectivity index (χ0) is 15.0. The molecule has 0 aliphatic rings. The van der Waals surface area contributed by atoms with E-state index in [2.05, 4.69) is 25.2 Å². The highest BCUT2D eigenvalue weighted by molar-refractivity contribution is 5.91. The molecule has 0 aliphatic heterocycles. The summed E-state index contributed by atoms with van der Waals surface area (Å²) in [5, 5.41) is 3.01. The van der Waals surface area contributed by atoms with Crippen LogP contribution in [0.15, 0.2) is 18.2 Å². The molecule has 0 saturated carbocycles. The Hall–Kier alpha value is -1.35. The van der Waals surface area contributed by atoms with Crippen LogP contribution in [0, 0.1) is 19.8 Å². The van der Waals surface area contributed by atoms with Gasteiger partial charge < -0.3 is 11.1 Å². The smallest absolute Gasteiger partial charge is 0.224 e. The van der Waals surface area contributed by atoms with E-state index in [1.807, 2.05) is 19.1 Å². The van der Waals surface area contributed by atoms with Gasteiger partial charge in [0.15, 0.2) is 0 Å². The number of hydrogen-bond donors (Lipinski definition) is 2. The molecular formula is C17H28N2O. The van der Waals surface area contributed by atoms with E-state index in [1.54, 1.807) is 0 Å². The summed E-state index contributed by atoms with van der Waals surface area (Å²) in [6.45, 7) is 6.97. The first-order valence-electron chi connectivity index (χ1n) is 7.64. The number of benzene rings is 1. The zero-order valence-electron chi connectivity index (χ0n) is 13.0. The largest absolute Gasteiger partial charge is 0.330 e. The summed E-state index contributed by atoms with van der Waals surface area (Å²) < 4.78 is 0. The van der Waals surface area contributed by atoms with Gasteiger partial charge in [0.2, 0.25) is 5.91 Å². The van der Waals surface area contributed by atoms with Crippen molar-refractivity contribution in [1.29, 1.82) is 0 Å². The third kappa shape index (κ3) is 5.74. The number of rotatable bonds is 8. The van der Waals surface area contributed by atoms with Gasteiger partial charge in [-0.3, -0.25) is 4.79 Å². The number of anilines is 1. The van der Waals surface area contributed by atoms with Gasteiger partial charge in [0.25, 0.3) is 0 Å². The lowest BCUT2D eigenvalue weighted by molar-refractivity contribution is -0.116. The number of nitrogens with one attached hydrogen (secondary N) is 1. The van der Waals surface area contributed by atoms with E-state index in [0.717, 1.165) is 36.9 Å². The van der Waals surface area contributed by atoms with Crippen molar-refractivity contribution in [1.82, 2.24) is 0 Å². The van der Waals surface area contributed by atoms with Crippen molar-refractivity contribution in [2.24, 2.45) is 11.7 Å². The molecule has 0 radical (unpaired) electrons. The number of carbonyl (C=O) groups is 1. The van der Waals surface area contributed by atoms with Gasteiger partial charge in [-0.2, -0.15) is 0 Å². The molecule has 1 rings (SSSR count). The van der Waals surface area contributed by atoms with Gasteiger partial charge in [-0.15, -0.1) is 0 Å². The Labute approximate surface area is 122 Å². The van der Waals surface area contributed by atoms with Crippen LogP contribution in [0.3, 0.4) is 0 Å². The molecule has 0 spiro atoms. The lowest BCUT2D eigenvalue weighted by atomic mass is 9.94. The molecular weight excluding hydrogens is 248 g/mol. The Bertz CT molecular complexity index is 423. The predicted octanol–water partition coefficient (Wildman–Crippen LogP) is 3.79. The van der Waals surface area contributed by atoms with Crippen LogP contribution in [-0.4, -0.2) is 12.5 Å². The van der Waals surface area contributed by atoms with Crippen molar-refractivity contribution >= 4 is 11.6 Å². The van der Waals surface area contributed by atoms with Gasteiger partial charge in [0, 0.05) is 12.1 Å². The first-order chi connectivity index (χ1) is 9.56. The number of amides is 1. The van der Waals surface area contributed by atoms with Gasteiger partial charge in [0.05, 0.1) is 0 Å². The second-order valence-corrected chi connectivity index (χ2v) is 5.64. The Morgan fingerprint density at radius 1 is 1.25 bits per heavy atom. The third-order valence-corrected chi connectivity index (χ3v) is 3.71. The average Bonchev–Trinajstić information content (AvgIpc) is 2.40. The first kappa shape index (κ1) is 16.7. The summed E-state index contributed by atoms with van der Waals surface area (Å²) >= 11 is 0. The van der Waals surface area contributed by atoms with Crippen LogP contribution >= 0.6 is 0 Å². The molecule has 1 aromatic carbocycles. The van der Waals surface area contributed by atoms with Crippen LogP contribution < -0.4 is 11.1 Å². The molecule has 0 bridgehead atoms. The lowest BCUT2D eigenvalue weighted by Gasteiger charge is -2.15. The number of hydrogen-bond acceptors (Lipinski definition) is 2. The molecule has 3 heteroatoms. The molecule has 20 heavy (non-hydrogen) atoms. The predicted molar refractivity (Wildman–Crippen MR) is 85.8 cm³/mol. The highest BCUT2D eigenvalue weighted by Crippen LogP contribution is 2.19. The third-order valence-electron chi connectivity index (χ3n) is 3.71. The van der Waals surface area contributed by atoms with E-state index in [9.17, 15) is 4.79 Å². The summed E-state index contributed by atoms with van der Waals surface area (Å²) in [6.07, 6.45) is 4.85. The van der Waals surface area contributed by atoms with Crippen LogP contribution in [0.25, 0.3) is 0 Å². The van der Waals surface area contributed by atoms with E-state index in [1.165, 1.54) is 5.56 Å². The summed E-state index contributed by atoms with van der Waals surface area (Å²) in [5.41, 5.74) is 8.88. The van der Waals surface area contributed by atoms with Gasteiger partial charge in [-0.1, -0.05) is 37.5 Å². The Balaban J connectivity index is 2.46. The molecule has 0 saturated heterocycles. The maximum atomic E-state index is 12.0. The molecule has 0 heterocycles. The first-order valence-corrected chi connectivity index (χ1v) is 7.64. The monoisotopic (exact) mass is 276 g/mol. The van der Waals surface area contributed by atoms with E-state index in [-0.39, 0.29) is 5.91 Å². The fourth-order valence-electron chi connectivity index (χ4n) is 2.58. The highest BCUT2D eigenvalue weighted by Gasteiger charge is 2.11. The number of aryl methyl sites for hydroxylation is 2. The van der Waals surface area contributed by atoms with Crippen molar-refractivity contribution in [3.63, 3.8) is 0 Å². The molecule has 1 aromatic rings. The standard InChI is InChI=1S/C17H28N2O/c1-4-5-15(10-11-18)7-9-17(20)19-16-8-6-13(2)12-14(16)3/h6,8,12,15H,4-5,7,9-11,18H2,1-3H3,(H,19,20). The maximum absolute atomic E-state index is 12.0. The van der Waals surface area contributed by atoms with Crippen molar-refractivity contribution in [3.05, 3.63) is 29.3 Å². The number of nitrogens with two attached hydrogens (primary N) is 1. The summed E-state index contributed by atoms with van der Waals surface area (Å²) in [7, 11) is 0. The molecule has 0 fully saturated rings. The van der Waals surface area contributed by atoms with Crippen LogP contribution in [0.4, 0.5) is 5.69 Å². The van der Waals surface area contributed by atoms with Gasteiger partial charge in [-0.05, 0) is 50.8 Å². The highest BCUT2D eigenvalue weighted by atomic mass is 16.1. The molecule has 1 amide bonds. The molecule has 112 valence electrons. The van der Waals surface area contributed by atoms with Crippen molar-refractivity contribution in [2.45, 2.75) is 52.9 Å². The minimum atomic E-state index is 0.107. The molecule has 1 unspecified atom stereocenters. The molecule has 0 aromatic heterocycles. The molecule has 1 atom stereocenters. The molecule has 3 N–H and O–H groups in total. The maximum Gasteiger partial charge on any atom is 0.224 e. The zero-order valence-corrected chi connectivity index (χ0v) is 13.0. The fraction of sp³-hybridized carbons (Fsp3) is 0.588. The van der Waals surface area contributed by atoms with Crippen LogP contribution in [0.1, 0.15) is 50.2 Å². The van der Waals surface area contributed by atoms with E-state index < -0.39 is 0 Å². The molecule has 0 aliphatic carbocycles. The minimum absolute atomic E-state index is 0.107. The second kappa shape index (κ2) is 8.75. The Kier molecular flexibility index (Phi) is 7.31. The van der Waals surface area contributed by atoms with E-state index >= 15 is 0 Å². The lowest BCUT2D eigenvalue weighted by Crippen LogP contribution is -2.16. The Morgan fingerprint density at radius 2 is 2.00 bits per heavy atom. The second-order valence-electron chi connectivity index (χ2n) is 5.64. The van der Waals surface area contributed by atoms with Crippen LogP contribution in [0.2, 0.25) is 0 Å². The Morgan fingerprint density at radius 3 is 2.60 bits per heavy atom. The summed E-state index contributed by atoms with van der Waals surface area (Å²) in [5.74, 6) is 0.685. The van der Waals surface area contributed by atoms with Gasteiger partial charge in [0.1, 0.15) is 0 Å². The minimum Gasteiger partial charge on any atom is -0.330 e.